The Balaban J connectivity index is 1.87. The Hall–Kier alpha value is -1.87. The number of fused-ring (bicyclic) bond motifs is 1. The predicted molar refractivity (Wildman–Crippen MR) is 80.9 cm³/mol. The van der Waals surface area contributed by atoms with Crippen LogP contribution in [0, 0.1) is 0 Å². The summed E-state index contributed by atoms with van der Waals surface area (Å²) in [5.41, 5.74) is 2.25. The van der Waals surface area contributed by atoms with E-state index < -0.39 is 0 Å². The van der Waals surface area contributed by atoms with Crippen LogP contribution in [-0.2, 0) is 6.61 Å². The molecular weight excluding hydrogens is 254 g/mol. The maximum Gasteiger partial charge on any atom is 0.143 e. The van der Waals surface area contributed by atoms with Gasteiger partial charge in [-0.15, -0.1) is 11.8 Å². The third kappa shape index (κ3) is 2.47. The van der Waals surface area contributed by atoms with Gasteiger partial charge in [0.2, 0.25) is 0 Å². The van der Waals surface area contributed by atoms with Crippen LogP contribution in [0.4, 0.5) is 0 Å². The number of para-hydroxylation sites is 1. The molecule has 96 valence electrons. The van der Waals surface area contributed by atoms with Gasteiger partial charge in [0, 0.05) is 16.5 Å². The largest absolute Gasteiger partial charge is 0.487 e. The Morgan fingerprint density at radius 1 is 1.05 bits per heavy atom. The molecule has 3 aromatic rings. The molecule has 0 bridgehead atoms. The molecule has 2 nitrogen and oxygen atoms in total. The SMILES string of the molecule is CSc1c[nH]c2c(OCc3ccccc3)cccc12. The second-order valence-corrected chi connectivity index (χ2v) is 5.16. The number of nitrogens with one attached hydrogen (secondary N) is 1. The Morgan fingerprint density at radius 3 is 2.68 bits per heavy atom. The first-order valence-electron chi connectivity index (χ1n) is 6.19. The molecular formula is C16H15NOS. The van der Waals surface area contributed by atoms with Gasteiger partial charge in [0.15, 0.2) is 0 Å². The van der Waals surface area contributed by atoms with Crippen LogP contribution in [0.25, 0.3) is 10.9 Å². The minimum absolute atomic E-state index is 0.591. The maximum absolute atomic E-state index is 5.92. The van der Waals surface area contributed by atoms with Crippen molar-refractivity contribution in [2.75, 3.05) is 6.26 Å². The fraction of sp³-hybridized carbons (Fsp3) is 0.125. The Bertz CT molecular complexity index is 676. The van der Waals surface area contributed by atoms with E-state index in [1.54, 1.807) is 11.8 Å². The normalized spacial score (nSPS) is 10.8. The lowest BCUT2D eigenvalue weighted by molar-refractivity contribution is 0.309. The smallest absolute Gasteiger partial charge is 0.143 e. The molecule has 0 amide bonds. The molecule has 1 aromatic heterocycles. The molecule has 0 unspecified atom stereocenters. The molecule has 0 aliphatic rings. The van der Waals surface area contributed by atoms with E-state index in [1.165, 1.54) is 15.8 Å². The van der Waals surface area contributed by atoms with E-state index in [0.717, 1.165) is 11.3 Å². The number of benzene rings is 2. The van der Waals surface area contributed by atoms with E-state index in [-0.39, 0.29) is 0 Å². The summed E-state index contributed by atoms with van der Waals surface area (Å²) in [6.45, 7) is 0.591. The van der Waals surface area contributed by atoms with Crippen molar-refractivity contribution in [2.45, 2.75) is 11.5 Å². The summed E-state index contributed by atoms with van der Waals surface area (Å²) in [4.78, 5) is 4.55. The van der Waals surface area contributed by atoms with Crippen LogP contribution in [0.15, 0.2) is 59.6 Å². The highest BCUT2D eigenvalue weighted by atomic mass is 32.2. The zero-order chi connectivity index (χ0) is 13.1. The van der Waals surface area contributed by atoms with Crippen molar-refractivity contribution in [3.05, 3.63) is 60.3 Å². The summed E-state index contributed by atoms with van der Waals surface area (Å²) in [7, 11) is 0. The molecule has 0 saturated heterocycles. The Kier molecular flexibility index (Phi) is 3.47. The minimum atomic E-state index is 0.591. The van der Waals surface area contributed by atoms with Crippen LogP contribution in [-0.4, -0.2) is 11.2 Å². The van der Waals surface area contributed by atoms with Crippen molar-refractivity contribution < 1.29 is 4.74 Å². The first-order chi connectivity index (χ1) is 9.38. The molecule has 0 aliphatic heterocycles. The second kappa shape index (κ2) is 5.41. The maximum atomic E-state index is 5.92. The van der Waals surface area contributed by atoms with Crippen molar-refractivity contribution in [1.82, 2.24) is 4.98 Å². The number of rotatable bonds is 4. The molecule has 0 spiro atoms. The third-order valence-electron chi connectivity index (χ3n) is 3.10. The molecule has 19 heavy (non-hydrogen) atoms. The standard InChI is InChI=1S/C16H15NOS/c1-19-15-10-17-16-13(15)8-5-9-14(16)18-11-12-6-3-2-4-7-12/h2-10,17H,11H2,1H3. The first-order valence-corrected chi connectivity index (χ1v) is 7.42. The van der Waals surface area contributed by atoms with E-state index in [2.05, 4.69) is 29.4 Å². The molecule has 0 aliphatic carbocycles. The van der Waals surface area contributed by atoms with E-state index in [0.29, 0.717) is 6.61 Å². The van der Waals surface area contributed by atoms with Gasteiger partial charge in [-0.1, -0.05) is 42.5 Å². The minimum Gasteiger partial charge on any atom is -0.487 e. The van der Waals surface area contributed by atoms with Gasteiger partial charge in [-0.25, -0.2) is 0 Å². The number of H-pyrrole nitrogens is 1. The van der Waals surface area contributed by atoms with Gasteiger partial charge in [-0.2, -0.15) is 0 Å². The van der Waals surface area contributed by atoms with Gasteiger partial charge < -0.3 is 9.72 Å². The summed E-state index contributed by atoms with van der Waals surface area (Å²) in [6.07, 6.45) is 4.12. The van der Waals surface area contributed by atoms with Gasteiger partial charge in [0.1, 0.15) is 12.4 Å². The summed E-state index contributed by atoms with van der Waals surface area (Å²) in [5, 5.41) is 1.22. The van der Waals surface area contributed by atoms with Crippen LogP contribution < -0.4 is 4.74 Å². The monoisotopic (exact) mass is 269 g/mol. The van der Waals surface area contributed by atoms with Crippen molar-refractivity contribution in [3.8, 4) is 5.75 Å². The molecule has 3 rings (SSSR count). The van der Waals surface area contributed by atoms with Crippen LogP contribution in [0.3, 0.4) is 0 Å². The van der Waals surface area contributed by atoms with Crippen LogP contribution >= 0.6 is 11.8 Å². The summed E-state index contributed by atoms with van der Waals surface area (Å²) >= 11 is 1.74. The van der Waals surface area contributed by atoms with Gasteiger partial charge in [-0.05, 0) is 17.9 Å². The second-order valence-electron chi connectivity index (χ2n) is 4.31. The van der Waals surface area contributed by atoms with E-state index >= 15 is 0 Å². The fourth-order valence-electron chi connectivity index (χ4n) is 2.13. The number of thioether (sulfide) groups is 1. The van der Waals surface area contributed by atoms with Crippen molar-refractivity contribution in [3.63, 3.8) is 0 Å². The number of aromatic amines is 1. The van der Waals surface area contributed by atoms with Crippen LogP contribution in [0.1, 0.15) is 5.56 Å². The van der Waals surface area contributed by atoms with Gasteiger partial charge in [-0.3, -0.25) is 0 Å². The first kappa shape index (κ1) is 12.2. The summed E-state index contributed by atoms with van der Waals surface area (Å²) in [6, 6.07) is 16.4. The number of aromatic nitrogens is 1. The zero-order valence-electron chi connectivity index (χ0n) is 10.7. The topological polar surface area (TPSA) is 25.0 Å². The van der Waals surface area contributed by atoms with E-state index in [9.17, 15) is 0 Å². The molecule has 0 radical (unpaired) electrons. The Labute approximate surface area is 116 Å². The van der Waals surface area contributed by atoms with E-state index in [1.807, 2.05) is 36.5 Å². The van der Waals surface area contributed by atoms with Crippen molar-refractivity contribution >= 4 is 22.7 Å². The van der Waals surface area contributed by atoms with Crippen molar-refractivity contribution in [1.29, 1.82) is 0 Å². The molecule has 0 saturated carbocycles. The quantitative estimate of drug-likeness (QED) is 0.707. The lowest BCUT2D eigenvalue weighted by Crippen LogP contribution is -1.95. The average Bonchev–Trinajstić information content (AvgIpc) is 2.90. The molecule has 3 heteroatoms. The number of hydrogen-bond donors (Lipinski definition) is 1. The molecule has 1 N–H and O–H groups in total. The Morgan fingerprint density at radius 2 is 1.89 bits per heavy atom. The molecule has 0 fully saturated rings. The molecule has 2 aromatic carbocycles. The highest BCUT2D eigenvalue weighted by Gasteiger charge is 2.07. The van der Waals surface area contributed by atoms with Gasteiger partial charge >= 0.3 is 0 Å². The van der Waals surface area contributed by atoms with Crippen LogP contribution in [0.2, 0.25) is 0 Å². The highest BCUT2D eigenvalue weighted by Crippen LogP contribution is 2.32. The van der Waals surface area contributed by atoms with Crippen molar-refractivity contribution in [2.24, 2.45) is 0 Å². The fourth-order valence-corrected chi connectivity index (χ4v) is 2.69. The molecule has 0 atom stereocenters. The van der Waals surface area contributed by atoms with E-state index in [4.69, 9.17) is 4.74 Å². The molecule has 1 heterocycles. The average molecular weight is 269 g/mol. The lowest BCUT2D eigenvalue weighted by Gasteiger charge is -2.07. The van der Waals surface area contributed by atoms with Crippen LogP contribution in [0.5, 0.6) is 5.75 Å². The third-order valence-corrected chi connectivity index (χ3v) is 3.87. The van der Waals surface area contributed by atoms with Gasteiger partial charge in [0.05, 0.1) is 5.52 Å². The number of ether oxygens (including phenoxy) is 1. The predicted octanol–water partition coefficient (Wildman–Crippen LogP) is 4.47. The summed E-state index contributed by atoms with van der Waals surface area (Å²) < 4.78 is 5.92. The summed E-state index contributed by atoms with van der Waals surface area (Å²) in [5.74, 6) is 0.904. The zero-order valence-corrected chi connectivity index (χ0v) is 11.5. The lowest BCUT2D eigenvalue weighted by atomic mass is 10.2. The van der Waals surface area contributed by atoms with Gasteiger partial charge in [0.25, 0.3) is 0 Å². The number of hydrogen-bond acceptors (Lipinski definition) is 2. The highest BCUT2D eigenvalue weighted by molar-refractivity contribution is 7.98.